The Kier molecular flexibility index (Phi) is 2.79. The number of aromatic nitrogens is 1. The van der Waals surface area contributed by atoms with Crippen molar-refractivity contribution in [2.45, 2.75) is 13.0 Å². The Bertz CT molecular complexity index is 467. The fourth-order valence-electron chi connectivity index (χ4n) is 1.42. The Morgan fingerprint density at radius 2 is 2.13 bits per heavy atom. The number of halogens is 1. The highest BCUT2D eigenvalue weighted by Gasteiger charge is 2.11. The molecule has 0 saturated carbocycles. The van der Waals surface area contributed by atoms with Crippen LogP contribution in [0, 0.1) is 12.7 Å². The summed E-state index contributed by atoms with van der Waals surface area (Å²) in [5.74, 6) is -0.352. The lowest BCUT2D eigenvalue weighted by atomic mass is 10.0. The largest absolute Gasteiger partial charge is 0.320 e. The number of rotatable bonds is 2. The summed E-state index contributed by atoms with van der Waals surface area (Å²) in [5, 5.41) is 1.99. The van der Waals surface area contributed by atoms with E-state index >= 15 is 0 Å². The lowest BCUT2D eigenvalue weighted by Gasteiger charge is -2.09. The molecule has 2 heterocycles. The highest BCUT2D eigenvalue weighted by atomic mass is 32.1. The first-order chi connectivity index (χ1) is 7.16. The van der Waals surface area contributed by atoms with Crippen molar-refractivity contribution in [2.75, 3.05) is 0 Å². The van der Waals surface area contributed by atoms with Gasteiger partial charge in [0.15, 0.2) is 0 Å². The molecule has 2 N–H and O–H groups in total. The van der Waals surface area contributed by atoms with Crippen LogP contribution in [0.2, 0.25) is 0 Å². The highest BCUT2D eigenvalue weighted by molar-refractivity contribution is 7.10. The van der Waals surface area contributed by atoms with Crippen LogP contribution in [0.25, 0.3) is 0 Å². The van der Waals surface area contributed by atoms with E-state index in [9.17, 15) is 4.39 Å². The van der Waals surface area contributed by atoms with E-state index in [1.807, 2.05) is 18.4 Å². The van der Waals surface area contributed by atoms with Crippen LogP contribution in [0.3, 0.4) is 0 Å². The van der Waals surface area contributed by atoms with Crippen molar-refractivity contribution in [1.82, 2.24) is 4.98 Å². The van der Waals surface area contributed by atoms with E-state index in [4.69, 9.17) is 5.73 Å². The van der Waals surface area contributed by atoms with Crippen molar-refractivity contribution in [3.05, 3.63) is 51.7 Å². The molecule has 0 fully saturated rings. The standard InChI is InChI=1S/C11H11FN2S/c1-7-2-9(6-15-7)11(13)8-3-10(12)5-14-4-8/h2-6,11H,13H2,1H3. The molecule has 4 heteroatoms. The van der Waals surface area contributed by atoms with Crippen LogP contribution in [0.1, 0.15) is 22.0 Å². The van der Waals surface area contributed by atoms with E-state index in [2.05, 4.69) is 4.98 Å². The van der Waals surface area contributed by atoms with Gasteiger partial charge < -0.3 is 5.73 Å². The first kappa shape index (κ1) is 10.3. The molecule has 1 atom stereocenters. The molecule has 2 rings (SSSR count). The molecule has 15 heavy (non-hydrogen) atoms. The second kappa shape index (κ2) is 4.08. The van der Waals surface area contributed by atoms with Gasteiger partial charge >= 0.3 is 0 Å². The molecule has 0 bridgehead atoms. The minimum absolute atomic E-state index is 0.293. The van der Waals surface area contributed by atoms with Crippen molar-refractivity contribution in [2.24, 2.45) is 5.73 Å². The molecule has 0 saturated heterocycles. The summed E-state index contributed by atoms with van der Waals surface area (Å²) in [6.07, 6.45) is 2.77. The molecular weight excluding hydrogens is 211 g/mol. The lowest BCUT2D eigenvalue weighted by Crippen LogP contribution is -2.11. The topological polar surface area (TPSA) is 38.9 Å². The Morgan fingerprint density at radius 1 is 1.33 bits per heavy atom. The summed E-state index contributed by atoms with van der Waals surface area (Å²) in [6.45, 7) is 2.02. The molecule has 0 aliphatic heterocycles. The van der Waals surface area contributed by atoms with Gasteiger partial charge in [-0.3, -0.25) is 4.98 Å². The molecule has 2 nitrogen and oxygen atoms in total. The van der Waals surface area contributed by atoms with E-state index in [0.29, 0.717) is 5.56 Å². The zero-order valence-electron chi connectivity index (χ0n) is 8.27. The SMILES string of the molecule is Cc1cc(C(N)c2cncc(F)c2)cs1. The Labute approximate surface area is 91.6 Å². The quantitative estimate of drug-likeness (QED) is 0.848. The molecular formula is C11H11FN2S. The fraction of sp³-hybridized carbons (Fsp3) is 0.182. The van der Waals surface area contributed by atoms with Gasteiger partial charge in [-0.25, -0.2) is 4.39 Å². The minimum atomic E-state index is -0.352. The fourth-order valence-corrected chi connectivity index (χ4v) is 2.16. The summed E-state index contributed by atoms with van der Waals surface area (Å²) in [7, 11) is 0. The van der Waals surface area contributed by atoms with Gasteiger partial charge in [0.05, 0.1) is 12.2 Å². The Morgan fingerprint density at radius 3 is 2.73 bits per heavy atom. The van der Waals surface area contributed by atoms with Crippen LogP contribution in [0.15, 0.2) is 29.9 Å². The second-order valence-electron chi connectivity index (χ2n) is 3.40. The maximum atomic E-state index is 12.9. The van der Waals surface area contributed by atoms with Crippen molar-refractivity contribution in [3.8, 4) is 0 Å². The summed E-state index contributed by atoms with van der Waals surface area (Å²) in [5.41, 5.74) is 7.70. The molecule has 2 aromatic heterocycles. The molecule has 0 aliphatic carbocycles. The number of nitrogens with two attached hydrogens (primary N) is 1. The lowest BCUT2D eigenvalue weighted by molar-refractivity contribution is 0.616. The van der Waals surface area contributed by atoms with Crippen LogP contribution in [0.5, 0.6) is 0 Å². The zero-order chi connectivity index (χ0) is 10.8. The number of nitrogens with zero attached hydrogens (tertiary/aromatic N) is 1. The van der Waals surface area contributed by atoms with Crippen molar-refractivity contribution >= 4 is 11.3 Å². The highest BCUT2D eigenvalue weighted by Crippen LogP contribution is 2.23. The Hall–Kier alpha value is -1.26. The molecule has 0 spiro atoms. The van der Waals surface area contributed by atoms with E-state index in [-0.39, 0.29) is 11.9 Å². The van der Waals surface area contributed by atoms with Crippen LogP contribution >= 0.6 is 11.3 Å². The van der Waals surface area contributed by atoms with Gasteiger partial charge in [-0.1, -0.05) is 0 Å². The van der Waals surface area contributed by atoms with Crippen LogP contribution < -0.4 is 5.73 Å². The third-order valence-corrected chi connectivity index (χ3v) is 3.07. The zero-order valence-corrected chi connectivity index (χ0v) is 9.09. The third kappa shape index (κ3) is 2.22. The monoisotopic (exact) mass is 222 g/mol. The maximum Gasteiger partial charge on any atom is 0.141 e. The molecule has 0 radical (unpaired) electrons. The smallest absolute Gasteiger partial charge is 0.141 e. The number of pyridine rings is 1. The molecule has 0 aliphatic rings. The predicted molar refractivity (Wildman–Crippen MR) is 59.3 cm³/mol. The first-order valence-corrected chi connectivity index (χ1v) is 5.46. The summed E-state index contributed by atoms with van der Waals surface area (Å²) in [6, 6.07) is 3.14. The van der Waals surface area contributed by atoms with E-state index in [1.54, 1.807) is 17.5 Å². The first-order valence-electron chi connectivity index (χ1n) is 4.58. The van der Waals surface area contributed by atoms with E-state index < -0.39 is 0 Å². The summed E-state index contributed by atoms with van der Waals surface area (Å²) in [4.78, 5) is 4.98. The number of hydrogen-bond donors (Lipinski definition) is 1. The maximum absolute atomic E-state index is 12.9. The van der Waals surface area contributed by atoms with Crippen molar-refractivity contribution in [1.29, 1.82) is 0 Å². The van der Waals surface area contributed by atoms with Gasteiger partial charge in [0, 0.05) is 11.1 Å². The molecule has 0 aromatic carbocycles. The Balaban J connectivity index is 2.32. The number of aryl methyl sites for hydroxylation is 1. The third-order valence-electron chi connectivity index (χ3n) is 2.20. The number of thiophene rings is 1. The van der Waals surface area contributed by atoms with Gasteiger partial charge in [-0.2, -0.15) is 0 Å². The summed E-state index contributed by atoms with van der Waals surface area (Å²) < 4.78 is 12.9. The van der Waals surface area contributed by atoms with Crippen LogP contribution in [-0.2, 0) is 0 Å². The second-order valence-corrected chi connectivity index (χ2v) is 4.52. The van der Waals surface area contributed by atoms with E-state index in [1.165, 1.54) is 17.1 Å². The van der Waals surface area contributed by atoms with Crippen LogP contribution in [-0.4, -0.2) is 4.98 Å². The van der Waals surface area contributed by atoms with Gasteiger partial charge in [0.2, 0.25) is 0 Å². The van der Waals surface area contributed by atoms with Gasteiger partial charge in [0.1, 0.15) is 5.82 Å². The molecule has 1 unspecified atom stereocenters. The van der Waals surface area contributed by atoms with Crippen molar-refractivity contribution < 1.29 is 4.39 Å². The predicted octanol–water partition coefficient (Wildman–Crippen LogP) is 2.64. The average Bonchev–Trinajstić information content (AvgIpc) is 2.64. The van der Waals surface area contributed by atoms with Crippen LogP contribution in [0.4, 0.5) is 4.39 Å². The van der Waals surface area contributed by atoms with Gasteiger partial charge in [0.25, 0.3) is 0 Å². The molecule has 0 amide bonds. The average molecular weight is 222 g/mol. The number of hydrogen-bond acceptors (Lipinski definition) is 3. The minimum Gasteiger partial charge on any atom is -0.320 e. The van der Waals surface area contributed by atoms with Crippen molar-refractivity contribution in [3.63, 3.8) is 0 Å². The van der Waals surface area contributed by atoms with Gasteiger partial charge in [-0.15, -0.1) is 11.3 Å². The molecule has 2 aromatic rings. The normalized spacial score (nSPS) is 12.7. The van der Waals surface area contributed by atoms with Gasteiger partial charge in [-0.05, 0) is 35.6 Å². The molecule has 78 valence electrons. The summed E-state index contributed by atoms with van der Waals surface area (Å²) >= 11 is 1.64. The van der Waals surface area contributed by atoms with E-state index in [0.717, 1.165) is 5.56 Å².